The lowest BCUT2D eigenvalue weighted by Gasteiger charge is -2.08. The van der Waals surface area contributed by atoms with E-state index in [1.807, 2.05) is 42.5 Å². The van der Waals surface area contributed by atoms with Crippen LogP contribution in [0.3, 0.4) is 0 Å². The quantitative estimate of drug-likeness (QED) is 0.491. The Labute approximate surface area is 164 Å². The van der Waals surface area contributed by atoms with Gasteiger partial charge in [-0.05, 0) is 45.8 Å². The molecular weight excluding hydrogens is 408 g/mol. The molecule has 2 aromatic carbocycles. The Balaban J connectivity index is 1.54. The van der Waals surface area contributed by atoms with Gasteiger partial charge in [-0.1, -0.05) is 30.3 Å². The molecule has 0 aliphatic carbocycles. The molecule has 0 atom stereocenters. The Morgan fingerprint density at radius 3 is 2.67 bits per heavy atom. The minimum Gasteiger partial charge on any atom is -0.507 e. The highest BCUT2D eigenvalue weighted by molar-refractivity contribution is 9.10. The Morgan fingerprint density at radius 2 is 1.89 bits per heavy atom. The van der Waals surface area contributed by atoms with Crippen molar-refractivity contribution in [3.05, 3.63) is 76.9 Å². The molecule has 0 saturated carbocycles. The minimum atomic E-state index is 0.0474. The first-order valence-corrected chi connectivity index (χ1v) is 9.03. The molecule has 7 heteroatoms. The second kappa shape index (κ2) is 7.59. The van der Waals surface area contributed by atoms with Crippen molar-refractivity contribution in [2.45, 2.75) is 6.61 Å². The van der Waals surface area contributed by atoms with Crippen molar-refractivity contribution in [1.82, 2.24) is 20.2 Å². The highest BCUT2D eigenvalue weighted by atomic mass is 79.9. The third-order valence-electron chi connectivity index (χ3n) is 3.93. The lowest BCUT2D eigenvalue weighted by Crippen LogP contribution is -1.95. The number of aromatic hydroxyl groups is 1. The van der Waals surface area contributed by atoms with Crippen molar-refractivity contribution >= 4 is 15.9 Å². The topological polar surface area (TPSA) is 83.9 Å². The number of hydrogen-bond donors (Lipinski definition) is 2. The van der Waals surface area contributed by atoms with E-state index in [-0.39, 0.29) is 5.75 Å². The molecule has 4 aromatic rings. The van der Waals surface area contributed by atoms with Gasteiger partial charge in [0.1, 0.15) is 23.8 Å². The number of phenols is 1. The number of nitrogens with zero attached hydrogens (tertiary/aromatic N) is 3. The molecule has 0 aliphatic heterocycles. The summed E-state index contributed by atoms with van der Waals surface area (Å²) in [5.74, 6) is 1.52. The smallest absolute Gasteiger partial charge is 0.185 e. The van der Waals surface area contributed by atoms with Gasteiger partial charge in [0.25, 0.3) is 0 Å². The molecule has 0 aliphatic rings. The summed E-state index contributed by atoms with van der Waals surface area (Å²) in [7, 11) is 0. The summed E-state index contributed by atoms with van der Waals surface area (Å²) in [6, 6.07) is 18.6. The number of aromatic nitrogens is 4. The van der Waals surface area contributed by atoms with Crippen molar-refractivity contribution < 1.29 is 9.84 Å². The molecule has 6 nitrogen and oxygen atoms in total. The largest absolute Gasteiger partial charge is 0.507 e. The normalized spacial score (nSPS) is 10.7. The first-order valence-electron chi connectivity index (χ1n) is 8.24. The molecule has 0 fully saturated rings. The fraction of sp³-hybridized carbons (Fsp3) is 0.0500. The predicted molar refractivity (Wildman–Crippen MR) is 105 cm³/mol. The molecule has 2 heterocycles. The predicted octanol–water partition coefficient (Wildman–Crippen LogP) is 4.58. The van der Waals surface area contributed by atoms with Gasteiger partial charge in [0, 0.05) is 16.7 Å². The van der Waals surface area contributed by atoms with Gasteiger partial charge < -0.3 is 9.84 Å². The van der Waals surface area contributed by atoms with Crippen molar-refractivity contribution in [2.24, 2.45) is 0 Å². The highest BCUT2D eigenvalue weighted by Gasteiger charge is 2.14. The maximum absolute atomic E-state index is 10.4. The number of benzene rings is 2. The standard InChI is InChI=1S/C20H15BrN4O2/c21-16-7-4-10-22-18(16)20-23-19(24-25-20)15-9-8-14(11-17(15)26)27-12-13-5-2-1-3-6-13/h1-11,26H,12H2,(H,23,24,25). The van der Waals surface area contributed by atoms with E-state index in [2.05, 4.69) is 36.1 Å². The van der Waals surface area contributed by atoms with Crippen molar-refractivity contribution in [3.8, 4) is 34.4 Å². The second-order valence-corrected chi connectivity index (χ2v) is 6.65. The molecule has 4 rings (SSSR count). The number of nitrogens with one attached hydrogen (secondary N) is 1. The summed E-state index contributed by atoms with van der Waals surface area (Å²) in [5, 5.41) is 17.4. The number of halogens is 1. The molecule has 0 unspecified atom stereocenters. The summed E-state index contributed by atoms with van der Waals surface area (Å²) in [5.41, 5.74) is 2.22. The Morgan fingerprint density at radius 1 is 1.04 bits per heavy atom. The van der Waals surface area contributed by atoms with Crippen LogP contribution in [-0.4, -0.2) is 25.3 Å². The van der Waals surface area contributed by atoms with E-state index < -0.39 is 0 Å². The van der Waals surface area contributed by atoms with Crippen LogP contribution in [-0.2, 0) is 6.61 Å². The maximum Gasteiger partial charge on any atom is 0.185 e. The molecule has 27 heavy (non-hydrogen) atoms. The molecule has 2 N–H and O–H groups in total. The SMILES string of the molecule is Oc1cc(OCc2ccccc2)ccc1-c1n[nH]c(-c2ncccc2Br)n1. The average molecular weight is 423 g/mol. The van der Waals surface area contributed by atoms with Crippen LogP contribution in [0.1, 0.15) is 5.56 Å². The van der Waals surface area contributed by atoms with Crippen molar-refractivity contribution in [2.75, 3.05) is 0 Å². The summed E-state index contributed by atoms with van der Waals surface area (Å²) in [6.07, 6.45) is 1.68. The van der Waals surface area contributed by atoms with E-state index in [0.717, 1.165) is 10.0 Å². The van der Waals surface area contributed by atoms with Crippen LogP contribution < -0.4 is 4.74 Å². The molecule has 0 radical (unpaired) electrons. The third kappa shape index (κ3) is 3.83. The van der Waals surface area contributed by atoms with Crippen LogP contribution in [0.2, 0.25) is 0 Å². The van der Waals surface area contributed by atoms with E-state index in [1.165, 1.54) is 0 Å². The van der Waals surface area contributed by atoms with Crippen molar-refractivity contribution in [1.29, 1.82) is 0 Å². The van der Waals surface area contributed by atoms with Gasteiger partial charge in [-0.2, -0.15) is 5.10 Å². The molecule has 0 amide bonds. The van der Waals surface area contributed by atoms with Gasteiger partial charge in [0.2, 0.25) is 0 Å². The zero-order chi connectivity index (χ0) is 18.6. The Bertz CT molecular complexity index is 1070. The van der Waals surface area contributed by atoms with E-state index >= 15 is 0 Å². The number of aromatic amines is 1. The van der Waals surface area contributed by atoms with E-state index in [4.69, 9.17) is 4.74 Å². The van der Waals surface area contributed by atoms with Gasteiger partial charge >= 0.3 is 0 Å². The molecule has 0 spiro atoms. The minimum absolute atomic E-state index is 0.0474. The number of phenolic OH excluding ortho intramolecular Hbond substituents is 1. The zero-order valence-electron chi connectivity index (χ0n) is 14.1. The van der Waals surface area contributed by atoms with Crippen molar-refractivity contribution in [3.63, 3.8) is 0 Å². The van der Waals surface area contributed by atoms with Crippen LogP contribution in [0.15, 0.2) is 71.3 Å². The van der Waals surface area contributed by atoms with E-state index in [1.54, 1.807) is 24.4 Å². The van der Waals surface area contributed by atoms with Gasteiger partial charge in [0.15, 0.2) is 11.6 Å². The molecule has 0 bridgehead atoms. The molecule has 0 saturated heterocycles. The fourth-order valence-corrected chi connectivity index (χ4v) is 3.02. The zero-order valence-corrected chi connectivity index (χ0v) is 15.7. The van der Waals surface area contributed by atoms with Gasteiger partial charge in [0.05, 0.1) is 5.56 Å². The summed E-state index contributed by atoms with van der Waals surface area (Å²) < 4.78 is 6.54. The van der Waals surface area contributed by atoms with Crippen LogP contribution in [0.5, 0.6) is 11.5 Å². The van der Waals surface area contributed by atoms with Gasteiger partial charge in [-0.15, -0.1) is 0 Å². The summed E-state index contributed by atoms with van der Waals surface area (Å²) >= 11 is 3.44. The second-order valence-electron chi connectivity index (χ2n) is 5.79. The maximum atomic E-state index is 10.4. The van der Waals surface area contributed by atoms with Crippen LogP contribution in [0.25, 0.3) is 22.9 Å². The van der Waals surface area contributed by atoms with Gasteiger partial charge in [-0.3, -0.25) is 10.1 Å². The third-order valence-corrected chi connectivity index (χ3v) is 4.57. The molecule has 134 valence electrons. The number of pyridine rings is 1. The number of hydrogen-bond acceptors (Lipinski definition) is 5. The first kappa shape index (κ1) is 17.2. The van der Waals surface area contributed by atoms with E-state index in [0.29, 0.717) is 35.3 Å². The molecular formula is C20H15BrN4O2. The van der Waals surface area contributed by atoms with Crippen LogP contribution in [0, 0.1) is 0 Å². The summed E-state index contributed by atoms with van der Waals surface area (Å²) in [6.45, 7) is 0.429. The monoisotopic (exact) mass is 422 g/mol. The van der Waals surface area contributed by atoms with Gasteiger partial charge in [-0.25, -0.2) is 4.98 Å². The van der Waals surface area contributed by atoms with E-state index in [9.17, 15) is 5.11 Å². The number of H-pyrrole nitrogens is 1. The number of ether oxygens (including phenoxy) is 1. The van der Waals surface area contributed by atoms with Crippen LogP contribution >= 0.6 is 15.9 Å². The lowest BCUT2D eigenvalue weighted by atomic mass is 10.2. The first-order chi connectivity index (χ1) is 13.2. The Kier molecular flexibility index (Phi) is 4.84. The fourth-order valence-electron chi connectivity index (χ4n) is 2.58. The average Bonchev–Trinajstić information content (AvgIpc) is 3.17. The Hall–Kier alpha value is -3.19. The molecule has 2 aromatic heterocycles. The number of rotatable bonds is 5. The summed E-state index contributed by atoms with van der Waals surface area (Å²) in [4.78, 5) is 8.72. The highest BCUT2D eigenvalue weighted by Crippen LogP contribution is 2.32. The lowest BCUT2D eigenvalue weighted by molar-refractivity contribution is 0.304. The van der Waals surface area contributed by atoms with Crippen LogP contribution in [0.4, 0.5) is 0 Å².